The van der Waals surface area contributed by atoms with Crippen LogP contribution >= 0.6 is 0 Å². The topological polar surface area (TPSA) is 62.8 Å². The number of H-pyrrole nitrogens is 1. The Morgan fingerprint density at radius 2 is 1.74 bits per heavy atom. The largest absolute Gasteiger partial charge is 0.497 e. The third kappa shape index (κ3) is 6.12. The van der Waals surface area contributed by atoms with Crippen LogP contribution in [-0.4, -0.2) is 61.4 Å². The highest BCUT2D eigenvalue weighted by Crippen LogP contribution is 2.25. The van der Waals surface area contributed by atoms with Crippen molar-refractivity contribution in [2.75, 3.05) is 51.5 Å². The molecule has 7 nitrogen and oxygen atoms in total. The minimum atomic E-state index is 0.678. The highest BCUT2D eigenvalue weighted by Gasteiger charge is 2.12. The predicted molar refractivity (Wildman–Crippen MR) is 138 cm³/mol. The van der Waals surface area contributed by atoms with Crippen LogP contribution in [0.25, 0.3) is 11.0 Å². The summed E-state index contributed by atoms with van der Waals surface area (Å²) in [5.74, 6) is 1.76. The highest BCUT2D eigenvalue weighted by molar-refractivity contribution is 5.75. The first-order chi connectivity index (χ1) is 17.3. The van der Waals surface area contributed by atoms with Crippen molar-refractivity contribution in [2.24, 2.45) is 0 Å². The molecule has 2 heterocycles. The Balaban J connectivity index is 1.30. The van der Waals surface area contributed by atoms with Gasteiger partial charge in [-0.25, -0.2) is 4.98 Å². The second-order valence-electron chi connectivity index (χ2n) is 8.76. The molecule has 35 heavy (non-hydrogen) atoms. The van der Waals surface area contributed by atoms with Gasteiger partial charge in [0.15, 0.2) is 0 Å². The number of methoxy groups -OCH3 is 1. The molecular weight excluding hydrogens is 440 g/mol. The van der Waals surface area contributed by atoms with Crippen LogP contribution in [0.15, 0.2) is 73.1 Å². The minimum Gasteiger partial charge on any atom is -0.497 e. The molecule has 1 saturated heterocycles. The van der Waals surface area contributed by atoms with Crippen molar-refractivity contribution >= 4 is 16.7 Å². The van der Waals surface area contributed by atoms with E-state index in [0.717, 1.165) is 74.2 Å². The Bertz CT molecular complexity index is 1220. The number of imidazole rings is 1. The summed E-state index contributed by atoms with van der Waals surface area (Å²) in [6.45, 7) is 6.70. The van der Waals surface area contributed by atoms with Gasteiger partial charge in [-0.15, -0.1) is 0 Å². The van der Waals surface area contributed by atoms with Crippen LogP contribution in [0, 0.1) is 0 Å². The number of morpholine rings is 1. The molecule has 0 atom stereocenters. The number of rotatable bonds is 10. The molecule has 1 aliphatic rings. The predicted octanol–water partition coefficient (Wildman–Crippen LogP) is 4.49. The maximum absolute atomic E-state index is 6.02. The first-order valence-electron chi connectivity index (χ1n) is 12.1. The molecule has 1 aliphatic heterocycles. The quantitative estimate of drug-likeness (QED) is 0.367. The van der Waals surface area contributed by atoms with E-state index in [4.69, 9.17) is 14.2 Å². The number of benzene rings is 3. The van der Waals surface area contributed by atoms with Crippen LogP contribution < -0.4 is 14.4 Å². The van der Waals surface area contributed by atoms with E-state index in [-0.39, 0.29) is 0 Å². The van der Waals surface area contributed by atoms with Crippen LogP contribution in [0.4, 0.5) is 5.69 Å². The van der Waals surface area contributed by atoms with E-state index >= 15 is 0 Å². The van der Waals surface area contributed by atoms with E-state index in [1.165, 1.54) is 11.1 Å². The Kier molecular flexibility index (Phi) is 7.46. The normalized spacial score (nSPS) is 14.2. The number of aromatic amines is 1. The van der Waals surface area contributed by atoms with Crippen molar-refractivity contribution in [3.05, 3.63) is 84.2 Å². The van der Waals surface area contributed by atoms with E-state index < -0.39 is 0 Å². The molecule has 0 bridgehead atoms. The smallest absolute Gasteiger partial charge is 0.119 e. The van der Waals surface area contributed by atoms with E-state index in [0.29, 0.717) is 6.61 Å². The Hall–Kier alpha value is -3.55. The lowest BCUT2D eigenvalue weighted by Crippen LogP contribution is -2.38. The first-order valence-corrected chi connectivity index (χ1v) is 12.1. The molecule has 0 radical (unpaired) electrons. The maximum atomic E-state index is 6.02. The lowest BCUT2D eigenvalue weighted by atomic mass is 10.1. The van der Waals surface area contributed by atoms with Crippen molar-refractivity contribution in [3.8, 4) is 11.5 Å². The van der Waals surface area contributed by atoms with Gasteiger partial charge in [0.25, 0.3) is 0 Å². The number of nitrogens with one attached hydrogen (secondary N) is 1. The molecule has 0 spiro atoms. The van der Waals surface area contributed by atoms with Gasteiger partial charge in [-0.05, 0) is 59.7 Å². The zero-order valence-corrected chi connectivity index (χ0v) is 20.2. The zero-order valence-electron chi connectivity index (χ0n) is 20.2. The summed E-state index contributed by atoms with van der Waals surface area (Å²) >= 11 is 0. The molecule has 0 unspecified atom stereocenters. The average Bonchev–Trinajstić information content (AvgIpc) is 3.38. The molecular formula is C28H32N4O3. The summed E-state index contributed by atoms with van der Waals surface area (Å²) in [6, 6.07) is 23.0. The number of anilines is 1. The van der Waals surface area contributed by atoms with Gasteiger partial charge in [-0.3, -0.25) is 4.90 Å². The molecule has 0 amide bonds. The fourth-order valence-corrected chi connectivity index (χ4v) is 4.40. The van der Waals surface area contributed by atoms with Gasteiger partial charge in [-0.2, -0.15) is 0 Å². The van der Waals surface area contributed by atoms with Crippen molar-refractivity contribution in [3.63, 3.8) is 0 Å². The van der Waals surface area contributed by atoms with Crippen molar-refractivity contribution in [1.29, 1.82) is 0 Å². The maximum Gasteiger partial charge on any atom is 0.119 e. The van der Waals surface area contributed by atoms with Gasteiger partial charge in [0.05, 0.1) is 37.7 Å². The highest BCUT2D eigenvalue weighted by atomic mass is 16.5. The number of aromatic nitrogens is 2. The van der Waals surface area contributed by atoms with E-state index in [1.54, 1.807) is 13.4 Å². The zero-order chi connectivity index (χ0) is 23.9. The summed E-state index contributed by atoms with van der Waals surface area (Å²) in [4.78, 5) is 12.3. The molecule has 7 heteroatoms. The first kappa shape index (κ1) is 23.2. The standard InChI is InChI=1S/C28H32N4O3/c1-33-26-4-2-3-22(17-26)19-32(20-23-5-10-27-28(18-23)30-21-29-27)24-6-8-25(9-7-24)35-16-13-31-11-14-34-15-12-31/h2-10,17-18,21H,11-16,19-20H2,1H3,(H,29,30). The molecule has 0 saturated carbocycles. The second-order valence-corrected chi connectivity index (χ2v) is 8.76. The lowest BCUT2D eigenvalue weighted by Gasteiger charge is -2.27. The van der Waals surface area contributed by atoms with Gasteiger partial charge in [0.1, 0.15) is 18.1 Å². The van der Waals surface area contributed by atoms with Gasteiger partial charge in [0.2, 0.25) is 0 Å². The molecule has 5 rings (SSSR count). The fraction of sp³-hybridized carbons (Fsp3) is 0.321. The molecule has 182 valence electrons. The van der Waals surface area contributed by atoms with Gasteiger partial charge in [-0.1, -0.05) is 18.2 Å². The monoisotopic (exact) mass is 472 g/mol. The van der Waals surface area contributed by atoms with E-state index in [1.807, 2.05) is 12.1 Å². The lowest BCUT2D eigenvalue weighted by molar-refractivity contribution is 0.0322. The minimum absolute atomic E-state index is 0.678. The van der Waals surface area contributed by atoms with Crippen molar-refractivity contribution in [1.82, 2.24) is 14.9 Å². The Labute approximate surface area is 206 Å². The van der Waals surface area contributed by atoms with Crippen molar-refractivity contribution in [2.45, 2.75) is 13.1 Å². The number of hydrogen-bond donors (Lipinski definition) is 1. The van der Waals surface area contributed by atoms with Crippen LogP contribution in [0.3, 0.4) is 0 Å². The molecule has 1 N–H and O–H groups in total. The molecule has 3 aromatic carbocycles. The summed E-state index contributed by atoms with van der Waals surface area (Å²) in [5.41, 5.74) is 5.57. The SMILES string of the molecule is COc1cccc(CN(Cc2ccc3nc[nH]c3c2)c2ccc(OCCN3CCOCC3)cc2)c1. The third-order valence-corrected chi connectivity index (χ3v) is 6.35. The average molecular weight is 473 g/mol. The summed E-state index contributed by atoms with van der Waals surface area (Å²) < 4.78 is 16.9. The molecule has 1 aromatic heterocycles. The molecule has 1 fully saturated rings. The van der Waals surface area contributed by atoms with E-state index in [2.05, 4.69) is 74.4 Å². The molecule has 0 aliphatic carbocycles. The third-order valence-electron chi connectivity index (χ3n) is 6.35. The Morgan fingerprint density at radius 3 is 2.54 bits per heavy atom. The van der Waals surface area contributed by atoms with Gasteiger partial charge >= 0.3 is 0 Å². The van der Waals surface area contributed by atoms with Crippen LogP contribution in [0.5, 0.6) is 11.5 Å². The second kappa shape index (κ2) is 11.3. The molecule has 4 aromatic rings. The van der Waals surface area contributed by atoms with Crippen LogP contribution in [0.2, 0.25) is 0 Å². The fourth-order valence-electron chi connectivity index (χ4n) is 4.40. The van der Waals surface area contributed by atoms with Gasteiger partial charge in [0, 0.05) is 38.4 Å². The summed E-state index contributed by atoms with van der Waals surface area (Å²) in [5, 5.41) is 0. The summed E-state index contributed by atoms with van der Waals surface area (Å²) in [7, 11) is 1.70. The summed E-state index contributed by atoms with van der Waals surface area (Å²) in [6.07, 6.45) is 1.74. The number of hydrogen-bond acceptors (Lipinski definition) is 6. The van der Waals surface area contributed by atoms with Crippen molar-refractivity contribution < 1.29 is 14.2 Å². The van der Waals surface area contributed by atoms with E-state index in [9.17, 15) is 0 Å². The number of nitrogens with zero attached hydrogens (tertiary/aromatic N) is 3. The number of ether oxygens (including phenoxy) is 3. The van der Waals surface area contributed by atoms with Gasteiger partial charge < -0.3 is 24.1 Å². The van der Waals surface area contributed by atoms with Crippen LogP contribution in [-0.2, 0) is 17.8 Å². The number of fused-ring (bicyclic) bond motifs is 1. The Morgan fingerprint density at radius 1 is 0.943 bits per heavy atom. The van der Waals surface area contributed by atoms with Crippen LogP contribution in [0.1, 0.15) is 11.1 Å².